The van der Waals surface area contributed by atoms with E-state index < -0.39 is 0 Å². The van der Waals surface area contributed by atoms with Gasteiger partial charge < -0.3 is 14.1 Å². The van der Waals surface area contributed by atoms with Gasteiger partial charge in [0.2, 0.25) is 0 Å². The molecule has 0 aliphatic carbocycles. The van der Waals surface area contributed by atoms with Crippen LogP contribution in [0.15, 0.2) is 52.1 Å². The lowest BCUT2D eigenvalue weighted by atomic mass is 10.1. The molecule has 0 atom stereocenters. The first-order valence-corrected chi connectivity index (χ1v) is 9.87. The lowest BCUT2D eigenvalue weighted by Crippen LogP contribution is -2.21. The minimum absolute atomic E-state index is 0.00964. The fraction of sp³-hybridized carbons (Fsp3) is 0.286. The summed E-state index contributed by atoms with van der Waals surface area (Å²) < 4.78 is 11.4. The fourth-order valence-electron chi connectivity index (χ4n) is 2.50. The van der Waals surface area contributed by atoms with E-state index in [0.717, 1.165) is 22.4 Å². The maximum atomic E-state index is 11.9. The van der Waals surface area contributed by atoms with Crippen molar-refractivity contribution in [1.82, 2.24) is 15.1 Å². The van der Waals surface area contributed by atoms with Crippen molar-refractivity contribution in [2.45, 2.75) is 31.4 Å². The zero-order chi connectivity index (χ0) is 20.1. The molecular weight excluding hydrogens is 374 g/mol. The third-order valence-electron chi connectivity index (χ3n) is 4.11. The number of rotatable bonds is 7. The summed E-state index contributed by atoms with van der Waals surface area (Å²) in [6, 6.07) is 13.6. The van der Waals surface area contributed by atoms with Gasteiger partial charge in [-0.2, -0.15) is 0 Å². The van der Waals surface area contributed by atoms with Crippen molar-refractivity contribution in [3.8, 4) is 5.75 Å². The van der Waals surface area contributed by atoms with E-state index in [1.807, 2.05) is 56.3 Å². The van der Waals surface area contributed by atoms with Gasteiger partial charge in [0.15, 0.2) is 6.61 Å². The molecule has 0 fully saturated rings. The Balaban J connectivity index is 1.53. The highest BCUT2D eigenvalue weighted by Crippen LogP contribution is 2.23. The van der Waals surface area contributed by atoms with Crippen LogP contribution in [-0.4, -0.2) is 35.1 Å². The van der Waals surface area contributed by atoms with E-state index in [-0.39, 0.29) is 12.5 Å². The maximum Gasteiger partial charge on any atom is 0.277 e. The van der Waals surface area contributed by atoms with Crippen LogP contribution in [0.2, 0.25) is 0 Å². The van der Waals surface area contributed by atoms with Gasteiger partial charge >= 0.3 is 0 Å². The summed E-state index contributed by atoms with van der Waals surface area (Å²) in [5, 5.41) is 8.59. The molecule has 0 aliphatic heterocycles. The van der Waals surface area contributed by atoms with Crippen LogP contribution in [-0.2, 0) is 12.4 Å². The summed E-state index contributed by atoms with van der Waals surface area (Å²) in [5.74, 6) is 1.93. The normalized spacial score (nSPS) is 10.7. The molecule has 0 aliphatic rings. The van der Waals surface area contributed by atoms with Gasteiger partial charge in [0.1, 0.15) is 5.75 Å². The number of ether oxygens (including phenoxy) is 1. The van der Waals surface area contributed by atoms with Crippen molar-refractivity contribution in [3.63, 3.8) is 0 Å². The zero-order valence-corrected chi connectivity index (χ0v) is 17.2. The number of aromatic nitrogens is 2. The highest BCUT2D eigenvalue weighted by molar-refractivity contribution is 7.98. The van der Waals surface area contributed by atoms with Crippen LogP contribution in [0.3, 0.4) is 0 Å². The number of nitrogens with zero attached hydrogens (tertiary/aromatic N) is 3. The van der Waals surface area contributed by atoms with Gasteiger partial charge in [0.25, 0.3) is 17.0 Å². The molecule has 0 unspecified atom stereocenters. The second kappa shape index (κ2) is 8.93. The minimum atomic E-state index is -0.00964. The predicted octanol–water partition coefficient (Wildman–Crippen LogP) is 4.26. The Morgan fingerprint density at radius 2 is 1.86 bits per heavy atom. The summed E-state index contributed by atoms with van der Waals surface area (Å²) in [6.07, 6.45) is 0. The molecule has 0 saturated carbocycles. The molecule has 2 aromatic carbocycles. The summed E-state index contributed by atoms with van der Waals surface area (Å²) >= 11 is 1.45. The molecule has 1 heterocycles. The number of hydrogen-bond acceptors (Lipinski definition) is 6. The Bertz CT molecular complexity index is 952. The molecule has 0 N–H and O–H groups in total. The molecule has 1 amide bonds. The zero-order valence-electron chi connectivity index (χ0n) is 16.4. The van der Waals surface area contributed by atoms with Gasteiger partial charge in [-0.15, -0.1) is 10.2 Å². The second-order valence-electron chi connectivity index (χ2n) is 6.70. The van der Waals surface area contributed by atoms with Gasteiger partial charge in [-0.25, -0.2) is 0 Å². The quantitative estimate of drug-likeness (QED) is 0.555. The first kappa shape index (κ1) is 19.9. The van der Waals surface area contributed by atoms with Crippen LogP contribution in [0.4, 0.5) is 0 Å². The topological polar surface area (TPSA) is 68.5 Å². The molecule has 0 spiro atoms. The third kappa shape index (κ3) is 5.13. The molecule has 146 valence electrons. The van der Waals surface area contributed by atoms with Crippen molar-refractivity contribution in [3.05, 3.63) is 70.6 Å². The van der Waals surface area contributed by atoms with Gasteiger partial charge in [-0.1, -0.05) is 36.0 Å². The molecule has 6 nitrogen and oxygen atoms in total. The van der Waals surface area contributed by atoms with Gasteiger partial charge in [0.05, 0.1) is 0 Å². The minimum Gasteiger partial charge on any atom is -0.484 e. The van der Waals surface area contributed by atoms with E-state index in [1.165, 1.54) is 11.8 Å². The second-order valence-corrected chi connectivity index (χ2v) is 7.63. The van der Waals surface area contributed by atoms with Crippen LogP contribution in [0.1, 0.15) is 32.9 Å². The standard InChI is InChI=1S/C21H23N3O3S/c1-14-5-6-15(2)18(11-14)26-12-19-22-23-21(27-19)28-13-16-7-9-17(10-8-16)20(25)24(3)4/h5-11H,12-13H2,1-4H3. The molecular formula is C21H23N3O3S. The Kier molecular flexibility index (Phi) is 6.36. The first-order valence-electron chi connectivity index (χ1n) is 8.88. The summed E-state index contributed by atoms with van der Waals surface area (Å²) in [7, 11) is 3.48. The van der Waals surface area contributed by atoms with E-state index in [0.29, 0.717) is 22.4 Å². The summed E-state index contributed by atoms with van der Waals surface area (Å²) in [6.45, 7) is 4.26. The van der Waals surface area contributed by atoms with E-state index in [2.05, 4.69) is 10.2 Å². The van der Waals surface area contributed by atoms with Crippen LogP contribution in [0.5, 0.6) is 5.75 Å². The van der Waals surface area contributed by atoms with Crippen molar-refractivity contribution in [2.75, 3.05) is 14.1 Å². The van der Waals surface area contributed by atoms with Crippen molar-refractivity contribution in [1.29, 1.82) is 0 Å². The molecule has 0 radical (unpaired) electrons. The number of amides is 1. The van der Waals surface area contributed by atoms with Crippen LogP contribution < -0.4 is 4.74 Å². The number of carbonyl (C=O) groups is 1. The Hall–Kier alpha value is -2.80. The highest BCUT2D eigenvalue weighted by atomic mass is 32.2. The number of hydrogen-bond donors (Lipinski definition) is 0. The van der Waals surface area contributed by atoms with E-state index in [4.69, 9.17) is 9.15 Å². The molecule has 3 aromatic rings. The lowest BCUT2D eigenvalue weighted by molar-refractivity contribution is 0.0827. The van der Waals surface area contributed by atoms with Crippen molar-refractivity contribution in [2.24, 2.45) is 0 Å². The monoisotopic (exact) mass is 397 g/mol. The Morgan fingerprint density at radius 1 is 1.11 bits per heavy atom. The predicted molar refractivity (Wildman–Crippen MR) is 109 cm³/mol. The average molecular weight is 398 g/mol. The average Bonchev–Trinajstić information content (AvgIpc) is 3.14. The molecule has 7 heteroatoms. The molecule has 28 heavy (non-hydrogen) atoms. The number of aryl methyl sites for hydroxylation is 2. The lowest BCUT2D eigenvalue weighted by Gasteiger charge is -2.10. The smallest absolute Gasteiger partial charge is 0.277 e. The van der Waals surface area contributed by atoms with Gasteiger partial charge in [-0.3, -0.25) is 4.79 Å². The SMILES string of the molecule is Cc1ccc(C)c(OCc2nnc(SCc3ccc(C(=O)N(C)C)cc3)o2)c1. The Morgan fingerprint density at radius 3 is 2.57 bits per heavy atom. The van der Waals surface area contributed by atoms with Gasteiger partial charge in [0, 0.05) is 25.4 Å². The largest absolute Gasteiger partial charge is 0.484 e. The van der Waals surface area contributed by atoms with Crippen LogP contribution in [0, 0.1) is 13.8 Å². The van der Waals surface area contributed by atoms with Crippen LogP contribution >= 0.6 is 11.8 Å². The van der Waals surface area contributed by atoms with Crippen molar-refractivity contribution < 1.29 is 13.9 Å². The number of carbonyl (C=O) groups excluding carboxylic acids is 1. The molecule has 3 rings (SSSR count). The van der Waals surface area contributed by atoms with E-state index in [9.17, 15) is 4.79 Å². The Labute approximate surface area is 168 Å². The molecule has 0 saturated heterocycles. The van der Waals surface area contributed by atoms with Crippen molar-refractivity contribution >= 4 is 17.7 Å². The summed E-state index contributed by atoms with van der Waals surface area (Å²) in [5.41, 5.74) is 3.95. The maximum absolute atomic E-state index is 11.9. The van der Waals surface area contributed by atoms with Gasteiger partial charge in [-0.05, 0) is 48.7 Å². The number of thioether (sulfide) groups is 1. The van der Waals surface area contributed by atoms with Crippen LogP contribution in [0.25, 0.3) is 0 Å². The molecule has 0 bridgehead atoms. The number of benzene rings is 2. The summed E-state index contributed by atoms with van der Waals surface area (Å²) in [4.78, 5) is 13.5. The first-order chi connectivity index (χ1) is 13.4. The fourth-order valence-corrected chi connectivity index (χ4v) is 3.24. The third-order valence-corrected chi connectivity index (χ3v) is 5.00. The van der Waals surface area contributed by atoms with E-state index >= 15 is 0 Å². The molecule has 1 aromatic heterocycles. The van der Waals surface area contributed by atoms with E-state index in [1.54, 1.807) is 19.0 Å². The highest BCUT2D eigenvalue weighted by Gasteiger charge is 2.10.